The van der Waals surface area contributed by atoms with E-state index in [9.17, 15) is 9.59 Å². The van der Waals surface area contributed by atoms with Gasteiger partial charge in [0.2, 0.25) is 0 Å². The van der Waals surface area contributed by atoms with E-state index in [-0.39, 0.29) is 24.6 Å². The third kappa shape index (κ3) is 3.36. The van der Waals surface area contributed by atoms with Gasteiger partial charge in [0, 0.05) is 5.57 Å². The van der Waals surface area contributed by atoms with Crippen LogP contribution in [0.4, 0.5) is 0 Å². The molecule has 1 heterocycles. The molecule has 2 amide bonds. The molecule has 3 rings (SSSR count). The van der Waals surface area contributed by atoms with Crippen LogP contribution in [0.5, 0.6) is 0 Å². The molecule has 1 aliphatic rings. The largest absolute Gasteiger partial charge is 0.403 e. The fraction of sp³-hybridized carbons (Fsp3) is 0.130. The van der Waals surface area contributed by atoms with E-state index in [4.69, 9.17) is 10.8 Å². The topological polar surface area (TPSA) is 46.6 Å². The molecule has 0 unspecified atom stereocenters. The number of hydrogen-bond acceptors (Lipinski definition) is 3. The predicted octanol–water partition coefficient (Wildman–Crippen LogP) is 1.81. The zero-order chi connectivity index (χ0) is 20.1. The summed E-state index contributed by atoms with van der Waals surface area (Å²) >= 11 is 0. The average molecular weight is 388 g/mol. The number of amides is 2. The molecule has 0 saturated carbocycles. The van der Waals surface area contributed by atoms with Crippen LogP contribution in [-0.4, -0.2) is 38.2 Å². The minimum atomic E-state index is -2.72. The van der Waals surface area contributed by atoms with Gasteiger partial charge in [-0.2, -0.15) is 0 Å². The zero-order valence-corrected chi connectivity index (χ0v) is 16.7. The predicted molar refractivity (Wildman–Crippen MR) is 112 cm³/mol. The fourth-order valence-corrected chi connectivity index (χ4v) is 6.41. The summed E-state index contributed by atoms with van der Waals surface area (Å²) < 4.78 is 6.42. The maximum atomic E-state index is 12.4. The minimum Gasteiger partial charge on any atom is -0.403 e. The monoisotopic (exact) mass is 387 g/mol. The Morgan fingerprint density at radius 1 is 1.04 bits per heavy atom. The highest BCUT2D eigenvalue weighted by Crippen LogP contribution is 2.19. The van der Waals surface area contributed by atoms with Crippen LogP contribution in [0, 0.1) is 12.3 Å². The van der Waals surface area contributed by atoms with E-state index in [1.165, 1.54) is 0 Å². The lowest BCUT2D eigenvalue weighted by molar-refractivity contribution is -0.137. The summed E-state index contributed by atoms with van der Waals surface area (Å²) in [7, 11) is -2.72. The molecule has 0 aliphatic carbocycles. The van der Waals surface area contributed by atoms with E-state index in [1.54, 1.807) is 6.92 Å². The van der Waals surface area contributed by atoms with Crippen LogP contribution in [0.1, 0.15) is 6.92 Å². The van der Waals surface area contributed by atoms with Crippen molar-refractivity contribution < 1.29 is 14.0 Å². The normalized spacial score (nSPS) is 14.4. The second kappa shape index (κ2) is 8.22. The van der Waals surface area contributed by atoms with Gasteiger partial charge in [-0.3, -0.25) is 14.5 Å². The van der Waals surface area contributed by atoms with E-state index >= 15 is 0 Å². The summed E-state index contributed by atoms with van der Waals surface area (Å²) in [6, 6.07) is 19.9. The Morgan fingerprint density at radius 3 is 2.00 bits per heavy atom. The van der Waals surface area contributed by atoms with E-state index in [2.05, 4.69) is 12.5 Å². The average Bonchev–Trinajstić information content (AvgIpc) is 2.95. The van der Waals surface area contributed by atoms with Crippen molar-refractivity contribution in [3.63, 3.8) is 0 Å². The number of hydrogen-bond donors (Lipinski definition) is 0. The molecule has 140 valence electrons. The summed E-state index contributed by atoms with van der Waals surface area (Å²) in [5.41, 5.74) is 2.32. The summed E-state index contributed by atoms with van der Waals surface area (Å²) in [5, 5.41) is 2.10. The lowest BCUT2D eigenvalue weighted by Crippen LogP contribution is -2.60. The highest BCUT2D eigenvalue weighted by atomic mass is 28.4. The first kappa shape index (κ1) is 19.6. The van der Waals surface area contributed by atoms with Crippen molar-refractivity contribution in [1.29, 1.82) is 0 Å². The minimum absolute atomic E-state index is 0.128. The number of terminal acetylenes is 1. The molecule has 0 spiro atoms. The van der Waals surface area contributed by atoms with Crippen LogP contribution in [0.3, 0.4) is 0 Å². The lowest BCUT2D eigenvalue weighted by atomic mass is 10.2. The van der Waals surface area contributed by atoms with Crippen LogP contribution in [0.2, 0.25) is 0 Å². The summed E-state index contributed by atoms with van der Waals surface area (Å²) in [5.74, 6) is 1.53. The molecule has 1 aliphatic heterocycles. The van der Waals surface area contributed by atoms with Crippen molar-refractivity contribution in [2.75, 3.05) is 13.2 Å². The quantitative estimate of drug-likeness (QED) is 0.414. The molecule has 0 atom stereocenters. The molecule has 0 bridgehead atoms. The second-order valence-electron chi connectivity index (χ2n) is 6.43. The third-order valence-corrected chi connectivity index (χ3v) is 8.50. The van der Waals surface area contributed by atoms with Crippen LogP contribution in [0.15, 0.2) is 84.1 Å². The smallest absolute Gasteiger partial charge is 0.280 e. The van der Waals surface area contributed by atoms with Crippen molar-refractivity contribution in [2.24, 2.45) is 0 Å². The lowest BCUT2D eigenvalue weighted by Gasteiger charge is -2.30. The Balaban J connectivity index is 1.85. The number of carbonyl (C=O) groups is 2. The SMILES string of the molecule is C#CC1=C(C)C(=O)N(CCO[Si](C=C)(c2ccccc2)c2ccccc2)C1=O. The molecule has 2 aromatic rings. The Kier molecular flexibility index (Phi) is 5.74. The molecule has 0 aromatic heterocycles. The first-order chi connectivity index (χ1) is 13.5. The number of carbonyl (C=O) groups excluding carboxylic acids is 2. The van der Waals surface area contributed by atoms with Gasteiger partial charge in [0.25, 0.3) is 20.1 Å². The summed E-state index contributed by atoms with van der Waals surface area (Å²) in [6.07, 6.45) is 5.37. The van der Waals surface area contributed by atoms with E-state index in [1.807, 2.05) is 66.4 Å². The zero-order valence-electron chi connectivity index (χ0n) is 15.7. The van der Waals surface area contributed by atoms with Crippen LogP contribution in [0.25, 0.3) is 0 Å². The highest BCUT2D eigenvalue weighted by Gasteiger charge is 2.38. The van der Waals surface area contributed by atoms with Crippen molar-refractivity contribution >= 4 is 30.5 Å². The Hall–Kier alpha value is -3.20. The fourth-order valence-electron chi connectivity index (χ4n) is 3.37. The van der Waals surface area contributed by atoms with E-state index in [0.29, 0.717) is 5.57 Å². The number of nitrogens with zero attached hydrogens (tertiary/aromatic N) is 1. The van der Waals surface area contributed by atoms with Gasteiger partial charge in [0.1, 0.15) is 0 Å². The van der Waals surface area contributed by atoms with Crippen molar-refractivity contribution in [1.82, 2.24) is 4.90 Å². The van der Waals surface area contributed by atoms with Gasteiger partial charge in [0.15, 0.2) is 0 Å². The maximum Gasteiger partial charge on any atom is 0.280 e. The van der Waals surface area contributed by atoms with Crippen molar-refractivity contribution in [2.45, 2.75) is 6.92 Å². The molecular weight excluding hydrogens is 366 g/mol. The second-order valence-corrected chi connectivity index (χ2v) is 9.75. The van der Waals surface area contributed by atoms with E-state index in [0.717, 1.165) is 15.3 Å². The molecule has 2 aromatic carbocycles. The van der Waals surface area contributed by atoms with Gasteiger partial charge in [-0.05, 0) is 17.3 Å². The molecule has 0 saturated heterocycles. The van der Waals surface area contributed by atoms with Crippen molar-refractivity contribution in [3.05, 3.63) is 84.1 Å². The van der Waals surface area contributed by atoms with E-state index < -0.39 is 14.2 Å². The Morgan fingerprint density at radius 2 is 1.57 bits per heavy atom. The molecule has 4 nitrogen and oxygen atoms in total. The first-order valence-electron chi connectivity index (χ1n) is 8.97. The molecule has 0 radical (unpaired) electrons. The van der Waals surface area contributed by atoms with Gasteiger partial charge in [-0.15, -0.1) is 13.0 Å². The summed E-state index contributed by atoms with van der Waals surface area (Å²) in [4.78, 5) is 25.9. The van der Waals surface area contributed by atoms with Gasteiger partial charge in [-0.25, -0.2) is 0 Å². The van der Waals surface area contributed by atoms with Gasteiger partial charge < -0.3 is 4.43 Å². The third-order valence-electron chi connectivity index (χ3n) is 4.88. The van der Waals surface area contributed by atoms with Gasteiger partial charge >= 0.3 is 0 Å². The molecule has 5 heteroatoms. The first-order valence-corrected chi connectivity index (χ1v) is 11.0. The molecular formula is C23H21NO3Si. The number of imide groups is 1. The molecule has 0 N–H and O–H groups in total. The van der Waals surface area contributed by atoms with Gasteiger partial charge in [0.05, 0.1) is 18.7 Å². The van der Waals surface area contributed by atoms with Crippen LogP contribution < -0.4 is 10.4 Å². The highest BCUT2D eigenvalue weighted by molar-refractivity contribution is 7.01. The van der Waals surface area contributed by atoms with Crippen LogP contribution in [-0.2, 0) is 14.0 Å². The maximum absolute atomic E-state index is 12.4. The van der Waals surface area contributed by atoms with Gasteiger partial charge in [-0.1, -0.05) is 72.3 Å². The number of rotatable bonds is 7. The number of benzene rings is 2. The Bertz CT molecular complexity index is 934. The van der Waals surface area contributed by atoms with Crippen molar-refractivity contribution in [3.8, 4) is 12.3 Å². The molecule has 28 heavy (non-hydrogen) atoms. The summed E-state index contributed by atoms with van der Waals surface area (Å²) in [6.45, 7) is 5.97. The molecule has 0 fully saturated rings. The van der Waals surface area contributed by atoms with Crippen LogP contribution >= 0.6 is 0 Å². The standard InChI is InChI=1S/C23H21NO3Si/c1-4-21-18(3)22(25)24(23(21)26)16-17-27-28(5-2,19-12-8-6-9-13-19)20-14-10-7-11-15-20/h1,5-15H,2,16-17H2,3H3. The Labute approximate surface area is 166 Å².